The molecule has 0 spiro atoms. The Hall–Kier alpha value is -2.03. The lowest BCUT2D eigenvalue weighted by Gasteiger charge is -2.15. The summed E-state index contributed by atoms with van der Waals surface area (Å²) in [7, 11) is 3.36. The van der Waals surface area contributed by atoms with Gasteiger partial charge in [0.1, 0.15) is 11.9 Å². The Kier molecular flexibility index (Phi) is 7.30. The van der Waals surface area contributed by atoms with Crippen LogP contribution >= 0.6 is 24.0 Å². The van der Waals surface area contributed by atoms with Gasteiger partial charge in [-0.1, -0.05) is 24.3 Å². The highest BCUT2D eigenvalue weighted by Crippen LogP contribution is 2.27. The Balaban J connectivity index is 0.00000225. The topological polar surface area (TPSA) is 67.8 Å². The molecule has 0 fully saturated rings. The maximum atomic E-state index is 5.92. The quantitative estimate of drug-likeness (QED) is 0.413. The van der Waals surface area contributed by atoms with E-state index in [4.69, 9.17) is 9.47 Å². The van der Waals surface area contributed by atoms with Crippen LogP contribution in [0.5, 0.6) is 11.6 Å². The molecule has 1 aromatic carbocycles. The fraction of sp³-hybridized carbons (Fsp3) is 0.333. The van der Waals surface area contributed by atoms with Gasteiger partial charge >= 0.3 is 0 Å². The number of halogens is 1. The predicted octanol–water partition coefficient (Wildman–Crippen LogP) is 2.38. The van der Waals surface area contributed by atoms with E-state index in [9.17, 15) is 0 Å². The summed E-state index contributed by atoms with van der Waals surface area (Å²) in [5, 5.41) is 6.58. The molecule has 1 aliphatic rings. The minimum atomic E-state index is 0. The van der Waals surface area contributed by atoms with Crippen LogP contribution in [-0.4, -0.2) is 37.7 Å². The molecule has 1 unspecified atom stereocenters. The monoisotopic (exact) mass is 454 g/mol. The van der Waals surface area contributed by atoms with Gasteiger partial charge in [0, 0.05) is 32.3 Å². The summed E-state index contributed by atoms with van der Waals surface area (Å²) < 4.78 is 11.0. The van der Waals surface area contributed by atoms with Gasteiger partial charge in [-0.3, -0.25) is 4.99 Å². The molecule has 7 heteroatoms. The van der Waals surface area contributed by atoms with Gasteiger partial charge in [0.15, 0.2) is 5.96 Å². The zero-order valence-corrected chi connectivity index (χ0v) is 16.7. The molecule has 0 saturated heterocycles. The van der Waals surface area contributed by atoms with Crippen molar-refractivity contribution < 1.29 is 9.47 Å². The molecular weight excluding hydrogens is 431 g/mol. The molecule has 0 radical (unpaired) electrons. The number of para-hydroxylation sites is 1. The average molecular weight is 454 g/mol. The number of aliphatic imine (C=N–C) groups is 1. The number of fused-ring (bicyclic) bond motifs is 1. The fourth-order valence-corrected chi connectivity index (χ4v) is 2.62. The first kappa shape index (κ1) is 19.3. The third-order valence-electron chi connectivity index (χ3n) is 3.90. The van der Waals surface area contributed by atoms with Gasteiger partial charge in [-0.2, -0.15) is 0 Å². The number of methoxy groups -OCH3 is 1. The smallest absolute Gasteiger partial charge is 0.212 e. The van der Waals surface area contributed by atoms with Crippen LogP contribution in [0, 0.1) is 0 Å². The van der Waals surface area contributed by atoms with E-state index in [1.165, 1.54) is 5.56 Å². The van der Waals surface area contributed by atoms with Crippen LogP contribution in [0.1, 0.15) is 11.1 Å². The third-order valence-corrected chi connectivity index (χ3v) is 3.90. The first-order valence-electron chi connectivity index (χ1n) is 7.96. The van der Waals surface area contributed by atoms with E-state index in [2.05, 4.69) is 26.7 Å². The normalized spacial score (nSPS) is 15.6. The Labute approximate surface area is 165 Å². The van der Waals surface area contributed by atoms with E-state index < -0.39 is 0 Å². The van der Waals surface area contributed by atoms with E-state index in [1.807, 2.05) is 30.3 Å². The summed E-state index contributed by atoms with van der Waals surface area (Å²) in [6.45, 7) is 1.34. The van der Waals surface area contributed by atoms with Crippen LogP contribution in [0.4, 0.5) is 0 Å². The molecule has 6 nitrogen and oxygen atoms in total. The second kappa shape index (κ2) is 9.45. The van der Waals surface area contributed by atoms with Crippen molar-refractivity contribution >= 4 is 29.9 Å². The minimum Gasteiger partial charge on any atom is -0.488 e. The number of ether oxygens (including phenoxy) is 2. The Morgan fingerprint density at radius 3 is 2.80 bits per heavy atom. The molecule has 2 aromatic rings. The van der Waals surface area contributed by atoms with Gasteiger partial charge in [-0.25, -0.2) is 4.98 Å². The number of hydrogen-bond acceptors (Lipinski definition) is 4. The second-order valence-corrected chi connectivity index (χ2v) is 5.57. The maximum Gasteiger partial charge on any atom is 0.212 e. The molecule has 1 atom stereocenters. The van der Waals surface area contributed by atoms with E-state index in [1.54, 1.807) is 20.4 Å². The predicted molar refractivity (Wildman–Crippen MR) is 109 cm³/mol. The molecule has 2 N–H and O–H groups in total. The summed E-state index contributed by atoms with van der Waals surface area (Å²) in [5.74, 6) is 2.33. The van der Waals surface area contributed by atoms with Gasteiger partial charge in [-0.05, 0) is 17.2 Å². The van der Waals surface area contributed by atoms with Crippen LogP contribution in [0.3, 0.4) is 0 Å². The third kappa shape index (κ3) is 5.22. The number of aromatic nitrogens is 1. The SMILES string of the molecule is CN=C(NCc1ccc(OC)nc1)NCC1Cc2ccccc2O1.I. The lowest BCUT2D eigenvalue weighted by molar-refractivity contribution is 0.235. The van der Waals surface area contributed by atoms with Crippen LogP contribution < -0.4 is 20.1 Å². The van der Waals surface area contributed by atoms with Crippen LogP contribution in [0.2, 0.25) is 0 Å². The summed E-state index contributed by atoms with van der Waals surface area (Å²) in [4.78, 5) is 8.43. The van der Waals surface area contributed by atoms with E-state index in [0.29, 0.717) is 19.0 Å². The zero-order valence-electron chi connectivity index (χ0n) is 14.4. The molecule has 2 heterocycles. The van der Waals surface area contributed by atoms with Crippen molar-refractivity contribution in [3.8, 4) is 11.6 Å². The summed E-state index contributed by atoms with van der Waals surface area (Å²) in [6, 6.07) is 12.0. The number of benzene rings is 1. The largest absolute Gasteiger partial charge is 0.488 e. The Morgan fingerprint density at radius 1 is 1.28 bits per heavy atom. The van der Waals surface area contributed by atoms with Crippen molar-refractivity contribution in [2.75, 3.05) is 20.7 Å². The molecule has 3 rings (SSSR count). The van der Waals surface area contributed by atoms with Crippen LogP contribution in [-0.2, 0) is 13.0 Å². The van der Waals surface area contributed by atoms with Crippen molar-refractivity contribution in [1.29, 1.82) is 0 Å². The van der Waals surface area contributed by atoms with Gasteiger partial charge in [0.25, 0.3) is 0 Å². The van der Waals surface area contributed by atoms with E-state index in [0.717, 1.165) is 23.7 Å². The molecule has 134 valence electrons. The van der Waals surface area contributed by atoms with Gasteiger partial charge in [-0.15, -0.1) is 24.0 Å². The second-order valence-electron chi connectivity index (χ2n) is 5.57. The number of nitrogens with zero attached hydrogens (tertiary/aromatic N) is 2. The van der Waals surface area contributed by atoms with Gasteiger partial charge in [0.2, 0.25) is 5.88 Å². The number of pyridine rings is 1. The summed E-state index contributed by atoms with van der Waals surface area (Å²) >= 11 is 0. The van der Waals surface area contributed by atoms with Crippen LogP contribution in [0.15, 0.2) is 47.6 Å². The zero-order chi connectivity index (χ0) is 16.8. The number of nitrogens with one attached hydrogen (secondary N) is 2. The van der Waals surface area contributed by atoms with E-state index >= 15 is 0 Å². The summed E-state index contributed by atoms with van der Waals surface area (Å²) in [6.07, 6.45) is 2.84. The van der Waals surface area contributed by atoms with E-state index in [-0.39, 0.29) is 30.1 Å². The lowest BCUT2D eigenvalue weighted by atomic mass is 10.1. The number of guanidine groups is 1. The van der Waals surface area contributed by atoms with Crippen LogP contribution in [0.25, 0.3) is 0 Å². The van der Waals surface area contributed by atoms with Crippen molar-refractivity contribution in [3.05, 3.63) is 53.7 Å². The minimum absolute atomic E-state index is 0. The highest BCUT2D eigenvalue weighted by Gasteiger charge is 2.22. The van der Waals surface area contributed by atoms with Crippen molar-refractivity contribution in [2.24, 2.45) is 4.99 Å². The molecule has 25 heavy (non-hydrogen) atoms. The van der Waals surface area contributed by atoms with Gasteiger partial charge < -0.3 is 20.1 Å². The molecule has 0 saturated carbocycles. The molecule has 1 aromatic heterocycles. The summed E-state index contributed by atoms with van der Waals surface area (Å²) in [5.41, 5.74) is 2.32. The Morgan fingerprint density at radius 2 is 2.12 bits per heavy atom. The maximum absolute atomic E-state index is 5.92. The van der Waals surface area contributed by atoms with Crippen molar-refractivity contribution in [2.45, 2.75) is 19.1 Å². The molecule has 0 bridgehead atoms. The highest BCUT2D eigenvalue weighted by molar-refractivity contribution is 14.0. The van der Waals surface area contributed by atoms with Crippen molar-refractivity contribution in [1.82, 2.24) is 15.6 Å². The highest BCUT2D eigenvalue weighted by atomic mass is 127. The first-order chi connectivity index (χ1) is 11.8. The standard InChI is InChI=1S/C18H22N4O2.HI/c1-19-18(21-11-13-7-8-17(23-2)20-10-13)22-12-15-9-14-5-3-4-6-16(14)24-15;/h3-8,10,15H,9,11-12H2,1-2H3,(H2,19,21,22);1H. The first-order valence-corrected chi connectivity index (χ1v) is 7.96. The molecule has 0 amide bonds. The Bertz CT molecular complexity index is 681. The van der Waals surface area contributed by atoms with Crippen molar-refractivity contribution in [3.63, 3.8) is 0 Å². The number of hydrogen-bond donors (Lipinski definition) is 2. The lowest BCUT2D eigenvalue weighted by Crippen LogP contribution is -2.41. The molecule has 1 aliphatic heterocycles. The number of rotatable bonds is 5. The molecule has 0 aliphatic carbocycles. The fourth-order valence-electron chi connectivity index (χ4n) is 2.62. The molecular formula is C18H23IN4O2. The average Bonchev–Trinajstić information content (AvgIpc) is 3.05. The van der Waals surface area contributed by atoms with Gasteiger partial charge in [0.05, 0.1) is 13.7 Å².